The van der Waals surface area contributed by atoms with Gasteiger partial charge in [-0.05, 0) is 29.8 Å². The standard InChI is InChI=1S/C20H18N6O2/c1-25-9-7-20(28,19(25)27)13-4-2-5-14(10-13)26-23-12-17(24-26)16-11-22-18-15(16)6-3-8-21-18/h2-6,8,10-12,28H,7,9H2,1H3,(H,21,22)/t20-/m0/s1. The van der Waals surface area contributed by atoms with E-state index in [0.29, 0.717) is 29.9 Å². The molecule has 28 heavy (non-hydrogen) atoms. The number of amides is 1. The highest BCUT2D eigenvalue weighted by atomic mass is 16.3. The number of carbonyl (C=O) groups excluding carboxylic acids is 1. The van der Waals surface area contributed by atoms with Gasteiger partial charge in [0, 0.05) is 43.4 Å². The smallest absolute Gasteiger partial charge is 0.258 e. The van der Waals surface area contributed by atoms with E-state index in [1.807, 2.05) is 24.4 Å². The maximum Gasteiger partial charge on any atom is 0.258 e. The second-order valence-corrected chi connectivity index (χ2v) is 7.01. The lowest BCUT2D eigenvalue weighted by Gasteiger charge is -2.21. The van der Waals surface area contributed by atoms with E-state index in [1.54, 1.807) is 42.5 Å². The first kappa shape index (κ1) is 16.6. The highest BCUT2D eigenvalue weighted by molar-refractivity contribution is 5.92. The Bertz CT molecular complexity index is 1200. The topological polar surface area (TPSA) is 99.9 Å². The van der Waals surface area contributed by atoms with Crippen LogP contribution in [0, 0.1) is 0 Å². The van der Waals surface area contributed by atoms with Crippen molar-refractivity contribution in [3.63, 3.8) is 0 Å². The Morgan fingerprint density at radius 2 is 2.14 bits per heavy atom. The molecule has 1 aliphatic heterocycles. The minimum atomic E-state index is -1.50. The van der Waals surface area contributed by atoms with Crippen LogP contribution in [0.1, 0.15) is 12.0 Å². The summed E-state index contributed by atoms with van der Waals surface area (Å²) in [5.74, 6) is -0.287. The molecule has 1 aliphatic rings. The molecule has 4 aromatic rings. The fraction of sp³-hybridized carbons (Fsp3) is 0.200. The summed E-state index contributed by atoms with van der Waals surface area (Å²) in [5, 5.41) is 20.8. The molecule has 1 atom stereocenters. The van der Waals surface area contributed by atoms with E-state index in [9.17, 15) is 9.90 Å². The van der Waals surface area contributed by atoms with Gasteiger partial charge >= 0.3 is 0 Å². The van der Waals surface area contributed by atoms with Gasteiger partial charge < -0.3 is 15.0 Å². The van der Waals surface area contributed by atoms with E-state index in [1.165, 1.54) is 4.80 Å². The Morgan fingerprint density at radius 3 is 2.96 bits per heavy atom. The van der Waals surface area contributed by atoms with Crippen LogP contribution >= 0.6 is 0 Å². The Balaban J connectivity index is 1.52. The largest absolute Gasteiger partial charge is 0.375 e. The van der Waals surface area contributed by atoms with Gasteiger partial charge in [0.2, 0.25) is 0 Å². The summed E-state index contributed by atoms with van der Waals surface area (Å²) in [7, 11) is 1.70. The van der Waals surface area contributed by atoms with E-state index in [-0.39, 0.29) is 5.91 Å². The van der Waals surface area contributed by atoms with Crippen LogP contribution in [0.4, 0.5) is 0 Å². The zero-order valence-corrected chi connectivity index (χ0v) is 15.2. The number of aliphatic hydroxyl groups is 1. The van der Waals surface area contributed by atoms with Crippen LogP contribution in [0.15, 0.2) is 55.0 Å². The number of pyridine rings is 1. The molecule has 1 amide bonds. The number of carbonyl (C=O) groups is 1. The van der Waals surface area contributed by atoms with Crippen LogP contribution in [0.5, 0.6) is 0 Å². The predicted octanol–water partition coefficient (Wildman–Crippen LogP) is 1.86. The van der Waals surface area contributed by atoms with Gasteiger partial charge in [-0.25, -0.2) is 4.98 Å². The summed E-state index contributed by atoms with van der Waals surface area (Å²) in [6, 6.07) is 11.0. The normalized spacial score (nSPS) is 19.6. The number of hydrogen-bond donors (Lipinski definition) is 2. The molecule has 0 saturated carbocycles. The molecule has 3 aromatic heterocycles. The summed E-state index contributed by atoms with van der Waals surface area (Å²) in [5.41, 5.74) is 2.15. The summed E-state index contributed by atoms with van der Waals surface area (Å²) in [4.78, 5) is 22.9. The Hall–Kier alpha value is -3.52. The van der Waals surface area contributed by atoms with E-state index in [2.05, 4.69) is 20.2 Å². The monoisotopic (exact) mass is 374 g/mol. The van der Waals surface area contributed by atoms with Crippen molar-refractivity contribution in [1.82, 2.24) is 29.9 Å². The molecule has 0 bridgehead atoms. The molecule has 5 rings (SSSR count). The van der Waals surface area contributed by atoms with Gasteiger partial charge in [-0.2, -0.15) is 9.90 Å². The third-order valence-corrected chi connectivity index (χ3v) is 5.28. The van der Waals surface area contributed by atoms with Crippen LogP contribution in [-0.4, -0.2) is 54.5 Å². The van der Waals surface area contributed by atoms with Crippen molar-refractivity contribution < 1.29 is 9.90 Å². The first-order valence-electron chi connectivity index (χ1n) is 9.00. The number of fused-ring (bicyclic) bond motifs is 1. The number of hydrogen-bond acceptors (Lipinski definition) is 5. The second-order valence-electron chi connectivity index (χ2n) is 7.01. The van der Waals surface area contributed by atoms with Crippen LogP contribution in [0.25, 0.3) is 28.0 Å². The molecule has 2 N–H and O–H groups in total. The second kappa shape index (κ2) is 6.00. The van der Waals surface area contributed by atoms with Crippen LogP contribution in [-0.2, 0) is 10.4 Å². The highest BCUT2D eigenvalue weighted by Gasteiger charge is 2.45. The van der Waals surface area contributed by atoms with Gasteiger partial charge in [0.25, 0.3) is 5.91 Å². The highest BCUT2D eigenvalue weighted by Crippen LogP contribution is 2.33. The van der Waals surface area contributed by atoms with E-state index < -0.39 is 5.60 Å². The third-order valence-electron chi connectivity index (χ3n) is 5.28. The fourth-order valence-electron chi connectivity index (χ4n) is 3.69. The van der Waals surface area contributed by atoms with Crippen molar-refractivity contribution in [2.24, 2.45) is 0 Å². The number of aromatic amines is 1. The summed E-state index contributed by atoms with van der Waals surface area (Å²) >= 11 is 0. The third kappa shape index (κ3) is 2.42. The van der Waals surface area contributed by atoms with E-state index in [0.717, 1.165) is 16.6 Å². The number of likely N-dealkylation sites (N-methyl/N-ethyl adjacent to an activating group) is 1. The molecule has 1 fully saturated rings. The van der Waals surface area contributed by atoms with Crippen molar-refractivity contribution in [2.75, 3.05) is 13.6 Å². The average molecular weight is 374 g/mol. The molecule has 8 heteroatoms. The minimum Gasteiger partial charge on any atom is -0.375 e. The minimum absolute atomic E-state index is 0.287. The zero-order valence-electron chi connectivity index (χ0n) is 15.2. The number of aromatic nitrogens is 5. The molecule has 1 saturated heterocycles. The molecule has 0 unspecified atom stereocenters. The van der Waals surface area contributed by atoms with Gasteiger partial charge in [0.1, 0.15) is 11.3 Å². The zero-order chi connectivity index (χ0) is 19.3. The maximum atomic E-state index is 12.4. The number of benzene rings is 1. The van der Waals surface area contributed by atoms with Gasteiger partial charge in [0.15, 0.2) is 5.60 Å². The maximum absolute atomic E-state index is 12.4. The molecular weight excluding hydrogens is 356 g/mol. The number of H-pyrrole nitrogens is 1. The van der Waals surface area contributed by atoms with Crippen molar-refractivity contribution in [3.05, 3.63) is 60.6 Å². The summed E-state index contributed by atoms with van der Waals surface area (Å²) < 4.78 is 0. The predicted molar refractivity (Wildman–Crippen MR) is 103 cm³/mol. The van der Waals surface area contributed by atoms with Crippen molar-refractivity contribution in [1.29, 1.82) is 0 Å². The van der Waals surface area contributed by atoms with Crippen molar-refractivity contribution >= 4 is 16.9 Å². The molecule has 140 valence electrons. The van der Waals surface area contributed by atoms with Crippen LogP contribution < -0.4 is 0 Å². The first-order valence-corrected chi connectivity index (χ1v) is 9.00. The number of rotatable bonds is 3. The van der Waals surface area contributed by atoms with Crippen LogP contribution in [0.2, 0.25) is 0 Å². The Labute approximate surface area is 160 Å². The SMILES string of the molecule is CN1CC[C@](O)(c2cccc(-n3ncc(-c4c[nH]c5ncccc45)n3)c2)C1=O. The van der Waals surface area contributed by atoms with Crippen LogP contribution in [0.3, 0.4) is 0 Å². The van der Waals surface area contributed by atoms with E-state index in [4.69, 9.17) is 0 Å². The lowest BCUT2D eigenvalue weighted by atomic mass is 9.92. The van der Waals surface area contributed by atoms with E-state index >= 15 is 0 Å². The quantitative estimate of drug-likeness (QED) is 0.570. The molecule has 8 nitrogen and oxygen atoms in total. The number of nitrogens with zero attached hydrogens (tertiary/aromatic N) is 5. The molecule has 0 aliphatic carbocycles. The van der Waals surface area contributed by atoms with Crippen molar-refractivity contribution in [2.45, 2.75) is 12.0 Å². The fourth-order valence-corrected chi connectivity index (χ4v) is 3.69. The molecule has 0 spiro atoms. The number of likely N-dealkylation sites (tertiary alicyclic amines) is 1. The van der Waals surface area contributed by atoms with Gasteiger partial charge in [0.05, 0.1) is 11.9 Å². The molecule has 0 radical (unpaired) electrons. The first-order chi connectivity index (χ1) is 13.6. The summed E-state index contributed by atoms with van der Waals surface area (Å²) in [6.07, 6.45) is 5.65. The summed E-state index contributed by atoms with van der Waals surface area (Å²) in [6.45, 7) is 0.526. The molecule has 1 aromatic carbocycles. The Kier molecular flexibility index (Phi) is 3.56. The number of nitrogens with one attached hydrogen (secondary N) is 1. The lowest BCUT2D eigenvalue weighted by Crippen LogP contribution is -2.36. The van der Waals surface area contributed by atoms with Gasteiger partial charge in [-0.15, -0.1) is 5.10 Å². The van der Waals surface area contributed by atoms with Crippen molar-refractivity contribution in [3.8, 4) is 16.9 Å². The average Bonchev–Trinajstić information content (AvgIpc) is 3.43. The Morgan fingerprint density at radius 1 is 1.25 bits per heavy atom. The van der Waals surface area contributed by atoms with Gasteiger partial charge in [-0.1, -0.05) is 12.1 Å². The lowest BCUT2D eigenvalue weighted by molar-refractivity contribution is -0.143. The van der Waals surface area contributed by atoms with Gasteiger partial charge in [-0.3, -0.25) is 4.79 Å². The molecule has 4 heterocycles. The molecular formula is C20H18N6O2.